The second-order valence-corrected chi connectivity index (χ2v) is 4.52. The summed E-state index contributed by atoms with van der Waals surface area (Å²) in [6.07, 6.45) is 1.09. The third-order valence-electron chi connectivity index (χ3n) is 3.21. The molecule has 2 N–H and O–H groups in total. The van der Waals surface area contributed by atoms with E-state index in [9.17, 15) is 9.90 Å². The second-order valence-electron chi connectivity index (χ2n) is 4.52. The number of ether oxygens (including phenoxy) is 1. The Morgan fingerprint density at radius 1 is 1.63 bits per heavy atom. The predicted molar refractivity (Wildman–Crippen MR) is 70.9 cm³/mol. The number of aliphatic hydroxyl groups is 1. The first kappa shape index (κ1) is 13.8. The van der Waals surface area contributed by atoms with Gasteiger partial charge in [-0.15, -0.1) is 0 Å². The lowest BCUT2D eigenvalue weighted by Gasteiger charge is -2.35. The first-order chi connectivity index (χ1) is 9.13. The number of carbonyl (C=O) groups excluding carboxylic acids is 1. The first-order valence-corrected chi connectivity index (χ1v) is 6.33. The van der Waals surface area contributed by atoms with Crippen molar-refractivity contribution in [2.45, 2.75) is 19.1 Å². The summed E-state index contributed by atoms with van der Waals surface area (Å²) >= 11 is 0. The molecule has 1 aromatic heterocycles. The first-order valence-electron chi connectivity index (χ1n) is 6.33. The molecule has 0 saturated carbocycles. The summed E-state index contributed by atoms with van der Waals surface area (Å²) in [6.45, 7) is 3.28. The van der Waals surface area contributed by atoms with Crippen molar-refractivity contribution in [2.75, 3.05) is 31.7 Å². The Labute approximate surface area is 112 Å². The van der Waals surface area contributed by atoms with E-state index in [-0.39, 0.29) is 11.9 Å². The van der Waals surface area contributed by atoms with Crippen molar-refractivity contribution in [2.24, 2.45) is 0 Å². The largest absolute Gasteiger partial charge is 0.387 e. The molecule has 2 atom stereocenters. The minimum atomic E-state index is -0.589. The lowest BCUT2D eigenvalue weighted by Crippen LogP contribution is -2.53. The summed E-state index contributed by atoms with van der Waals surface area (Å²) in [5, 5.41) is 12.1. The fourth-order valence-corrected chi connectivity index (χ4v) is 2.11. The van der Waals surface area contributed by atoms with Crippen molar-refractivity contribution in [3.8, 4) is 0 Å². The molecule has 1 amide bonds. The van der Waals surface area contributed by atoms with Crippen LogP contribution in [0.5, 0.6) is 0 Å². The molecular weight excluding hydrogens is 246 g/mol. The van der Waals surface area contributed by atoms with E-state index in [1.807, 2.05) is 11.0 Å². The maximum atomic E-state index is 11.8. The summed E-state index contributed by atoms with van der Waals surface area (Å²) in [5.41, 5.74) is 1.48. The number of aliphatic hydroxyl groups excluding tert-OH is 1. The van der Waals surface area contributed by atoms with Gasteiger partial charge in [0.1, 0.15) is 6.04 Å². The number of pyridine rings is 1. The van der Waals surface area contributed by atoms with Crippen molar-refractivity contribution >= 4 is 11.6 Å². The Balaban J connectivity index is 2.19. The van der Waals surface area contributed by atoms with Crippen LogP contribution >= 0.6 is 0 Å². The van der Waals surface area contributed by atoms with Gasteiger partial charge in [0.15, 0.2) is 0 Å². The van der Waals surface area contributed by atoms with Crippen molar-refractivity contribution in [1.29, 1.82) is 0 Å². The average Bonchev–Trinajstić information content (AvgIpc) is 2.46. The van der Waals surface area contributed by atoms with E-state index < -0.39 is 6.10 Å². The summed E-state index contributed by atoms with van der Waals surface area (Å²) in [5.74, 6) is -0.0701. The van der Waals surface area contributed by atoms with Crippen LogP contribution < -0.4 is 10.2 Å². The van der Waals surface area contributed by atoms with Crippen LogP contribution in [0.3, 0.4) is 0 Å². The van der Waals surface area contributed by atoms with E-state index in [0.717, 1.165) is 5.69 Å². The van der Waals surface area contributed by atoms with E-state index in [1.54, 1.807) is 26.2 Å². The smallest absolute Gasteiger partial charge is 0.244 e. The number of aromatic nitrogens is 1. The molecule has 1 aromatic rings. The fourth-order valence-electron chi connectivity index (χ4n) is 2.11. The van der Waals surface area contributed by atoms with E-state index in [1.165, 1.54) is 0 Å². The van der Waals surface area contributed by atoms with Crippen LogP contribution in [0, 0.1) is 0 Å². The Morgan fingerprint density at radius 2 is 2.42 bits per heavy atom. The van der Waals surface area contributed by atoms with Gasteiger partial charge in [0.25, 0.3) is 0 Å². The summed E-state index contributed by atoms with van der Waals surface area (Å²) in [7, 11) is 1.61. The van der Waals surface area contributed by atoms with Gasteiger partial charge in [0.2, 0.25) is 5.91 Å². The molecule has 1 fully saturated rings. The van der Waals surface area contributed by atoms with Gasteiger partial charge in [-0.1, -0.05) is 0 Å². The number of rotatable bonds is 3. The molecule has 1 saturated heterocycles. The molecule has 0 radical (unpaired) electrons. The number of nitrogens with one attached hydrogen (secondary N) is 1. The van der Waals surface area contributed by atoms with Gasteiger partial charge in [0, 0.05) is 13.6 Å². The molecular formula is C13H19N3O3. The molecule has 0 aliphatic carbocycles. The third kappa shape index (κ3) is 3.02. The number of hydrogen-bond acceptors (Lipinski definition) is 5. The summed E-state index contributed by atoms with van der Waals surface area (Å²) in [6, 6.07) is 3.31. The van der Waals surface area contributed by atoms with E-state index in [4.69, 9.17) is 4.74 Å². The number of hydrogen-bond donors (Lipinski definition) is 2. The number of likely N-dealkylation sites (N-methyl/N-ethyl adjacent to an activating group) is 1. The zero-order valence-corrected chi connectivity index (χ0v) is 11.2. The maximum absolute atomic E-state index is 11.8. The molecule has 2 heterocycles. The van der Waals surface area contributed by atoms with Crippen LogP contribution in [-0.4, -0.2) is 48.8 Å². The van der Waals surface area contributed by atoms with Gasteiger partial charge in [-0.05, 0) is 19.1 Å². The Kier molecular flexibility index (Phi) is 4.34. The number of anilines is 1. The van der Waals surface area contributed by atoms with Crippen LogP contribution in [0.2, 0.25) is 0 Å². The highest BCUT2D eigenvalue weighted by Crippen LogP contribution is 2.20. The highest BCUT2D eigenvalue weighted by Gasteiger charge is 2.29. The highest BCUT2D eigenvalue weighted by atomic mass is 16.5. The number of nitrogens with zero attached hydrogens (tertiary/aromatic N) is 2. The fraction of sp³-hybridized carbons (Fsp3) is 0.538. The van der Waals surface area contributed by atoms with Gasteiger partial charge >= 0.3 is 0 Å². The van der Waals surface area contributed by atoms with Crippen LogP contribution in [-0.2, 0) is 9.53 Å². The van der Waals surface area contributed by atoms with Crippen molar-refractivity contribution in [3.63, 3.8) is 0 Å². The Bertz CT molecular complexity index is 433. The molecule has 2 rings (SSSR count). The van der Waals surface area contributed by atoms with Gasteiger partial charge in [-0.2, -0.15) is 0 Å². The monoisotopic (exact) mass is 265 g/mol. The number of amides is 1. The van der Waals surface area contributed by atoms with Crippen LogP contribution in [0.15, 0.2) is 18.3 Å². The normalized spacial score (nSPS) is 21.0. The molecule has 1 aliphatic heterocycles. The van der Waals surface area contributed by atoms with Crippen molar-refractivity contribution < 1.29 is 14.6 Å². The summed E-state index contributed by atoms with van der Waals surface area (Å²) < 4.78 is 5.36. The van der Waals surface area contributed by atoms with Crippen LogP contribution in [0.4, 0.5) is 5.69 Å². The lowest BCUT2D eigenvalue weighted by molar-refractivity contribution is -0.124. The molecule has 1 unspecified atom stereocenters. The van der Waals surface area contributed by atoms with E-state index >= 15 is 0 Å². The molecule has 1 aliphatic rings. The van der Waals surface area contributed by atoms with E-state index in [0.29, 0.717) is 25.5 Å². The molecule has 6 heteroatoms. The van der Waals surface area contributed by atoms with Crippen LogP contribution in [0.1, 0.15) is 18.7 Å². The second kappa shape index (κ2) is 5.99. The van der Waals surface area contributed by atoms with Gasteiger partial charge in [-0.3, -0.25) is 9.78 Å². The number of morpholine rings is 1. The molecule has 19 heavy (non-hydrogen) atoms. The minimum absolute atomic E-state index is 0.0701. The topological polar surface area (TPSA) is 74.7 Å². The SMILES string of the molecule is CNC(=O)C1COCCN1c1ccc([C@@H](C)O)nc1. The quantitative estimate of drug-likeness (QED) is 0.810. The highest BCUT2D eigenvalue weighted by molar-refractivity contribution is 5.85. The predicted octanol–water partition coefficient (Wildman–Crippen LogP) is 0.0861. The standard InChI is InChI=1S/C13H19N3O3/c1-9(17)11-4-3-10(7-15-11)16-5-6-19-8-12(16)13(18)14-2/h3-4,7,9,12,17H,5-6,8H2,1-2H3,(H,14,18)/t9-,12?/m1/s1. The Morgan fingerprint density at radius 3 is 3.00 bits per heavy atom. The zero-order valence-electron chi connectivity index (χ0n) is 11.2. The van der Waals surface area contributed by atoms with Crippen molar-refractivity contribution in [3.05, 3.63) is 24.0 Å². The number of carbonyl (C=O) groups is 1. The molecule has 104 valence electrons. The molecule has 0 bridgehead atoms. The van der Waals surface area contributed by atoms with Gasteiger partial charge in [-0.25, -0.2) is 0 Å². The lowest BCUT2D eigenvalue weighted by atomic mass is 10.1. The maximum Gasteiger partial charge on any atom is 0.244 e. The van der Waals surface area contributed by atoms with E-state index in [2.05, 4.69) is 10.3 Å². The Hall–Kier alpha value is -1.66. The molecule has 0 spiro atoms. The minimum Gasteiger partial charge on any atom is -0.387 e. The summed E-state index contributed by atoms with van der Waals surface area (Å²) in [4.78, 5) is 18.0. The van der Waals surface area contributed by atoms with Crippen LogP contribution in [0.25, 0.3) is 0 Å². The molecule has 0 aromatic carbocycles. The van der Waals surface area contributed by atoms with Gasteiger partial charge < -0.3 is 20.1 Å². The third-order valence-corrected chi connectivity index (χ3v) is 3.21. The average molecular weight is 265 g/mol. The van der Waals surface area contributed by atoms with Crippen molar-refractivity contribution in [1.82, 2.24) is 10.3 Å². The van der Waals surface area contributed by atoms with Gasteiger partial charge in [0.05, 0.1) is 36.9 Å². The zero-order chi connectivity index (χ0) is 13.8. The molecule has 6 nitrogen and oxygen atoms in total.